The van der Waals surface area contributed by atoms with Crippen LogP contribution in [0.3, 0.4) is 0 Å². The molecule has 38 heavy (non-hydrogen) atoms. The fraction of sp³-hybridized carbons (Fsp3) is 0.481. The molecule has 0 radical (unpaired) electrons. The summed E-state index contributed by atoms with van der Waals surface area (Å²) in [5, 5.41) is 41.3. The smallest absolute Gasteiger partial charge is 0.169 e. The average molecular weight is 519 g/mol. The van der Waals surface area contributed by atoms with Gasteiger partial charge in [-0.25, -0.2) is 9.97 Å². The third kappa shape index (κ3) is 5.14. The Hall–Kier alpha value is -3.38. The van der Waals surface area contributed by atoms with E-state index in [-0.39, 0.29) is 29.7 Å². The van der Waals surface area contributed by atoms with Gasteiger partial charge in [0.15, 0.2) is 12.1 Å². The van der Waals surface area contributed by atoms with Gasteiger partial charge in [0.1, 0.15) is 11.6 Å². The van der Waals surface area contributed by atoms with Crippen LogP contribution in [0.1, 0.15) is 36.6 Å². The summed E-state index contributed by atoms with van der Waals surface area (Å²) in [6.07, 6.45) is 5.23. The van der Waals surface area contributed by atoms with Crippen LogP contribution in [0.5, 0.6) is 5.75 Å². The lowest BCUT2D eigenvalue weighted by molar-refractivity contribution is -0.0801. The number of nitrogens with one attached hydrogen (secondary N) is 1. The van der Waals surface area contributed by atoms with Crippen molar-refractivity contribution in [2.75, 3.05) is 36.8 Å². The normalized spacial score (nSPS) is 25.7. The van der Waals surface area contributed by atoms with E-state index in [0.29, 0.717) is 23.6 Å². The predicted octanol–water partition coefficient (Wildman–Crippen LogP) is 1.08. The van der Waals surface area contributed by atoms with Crippen molar-refractivity contribution in [1.82, 2.24) is 30.4 Å². The standard InChI is InChI=1S/C27H34N8O3/c28-25-23(9-22(32-33-25)21-3-1-2-4-24(21)36)35-14-19-7-18(8-20(15-35)31-19)26-29-10-16(11-30-26)12-34-6-5-17(13-34)27(37)38/h1-4,9-11,17-20,27,31,36-38H,5-8,12-15H2,(H2,28,33)/t17-,18?,19?,20?/m1/s1. The third-order valence-electron chi connectivity index (χ3n) is 8.04. The number of anilines is 2. The predicted molar refractivity (Wildman–Crippen MR) is 142 cm³/mol. The SMILES string of the molecule is Nc1nnc(-c2ccccc2O)cc1N1CC2CC(c3ncc(CN4CC[C@@H](C(O)O)C4)cn3)CC(C1)N2. The second-order valence-corrected chi connectivity index (χ2v) is 10.8. The average Bonchev–Trinajstić information content (AvgIpc) is 3.38. The molecule has 200 valence electrons. The molecule has 3 aromatic rings. The number of aliphatic hydroxyl groups excluding tert-OH is 1. The van der Waals surface area contributed by atoms with Gasteiger partial charge >= 0.3 is 0 Å². The van der Waals surface area contributed by atoms with Crippen LogP contribution in [0, 0.1) is 5.92 Å². The molecule has 6 rings (SSSR count). The van der Waals surface area contributed by atoms with Crippen LogP contribution in [0.25, 0.3) is 11.3 Å². The van der Waals surface area contributed by atoms with Crippen LogP contribution < -0.4 is 16.0 Å². The molecule has 3 aliphatic rings. The van der Waals surface area contributed by atoms with Crippen molar-refractivity contribution < 1.29 is 15.3 Å². The molecule has 0 amide bonds. The van der Waals surface area contributed by atoms with E-state index in [0.717, 1.165) is 62.5 Å². The van der Waals surface area contributed by atoms with E-state index in [1.165, 1.54) is 0 Å². The molecule has 2 aromatic heterocycles. The minimum Gasteiger partial charge on any atom is -0.507 e. The molecule has 0 saturated carbocycles. The third-order valence-corrected chi connectivity index (χ3v) is 8.04. The molecule has 3 atom stereocenters. The largest absolute Gasteiger partial charge is 0.507 e. The lowest BCUT2D eigenvalue weighted by Crippen LogP contribution is -2.60. The number of phenols is 1. The molecule has 5 heterocycles. The second-order valence-electron chi connectivity index (χ2n) is 10.8. The summed E-state index contributed by atoms with van der Waals surface area (Å²) in [4.78, 5) is 13.9. The van der Waals surface area contributed by atoms with Gasteiger partial charge in [0, 0.05) is 73.6 Å². The van der Waals surface area contributed by atoms with Gasteiger partial charge in [0.05, 0.1) is 11.4 Å². The Labute approximate surface area is 221 Å². The number of para-hydroxylation sites is 1. The molecule has 1 aromatic carbocycles. The number of rotatable bonds is 6. The first-order chi connectivity index (χ1) is 18.4. The highest BCUT2D eigenvalue weighted by atomic mass is 16.5. The summed E-state index contributed by atoms with van der Waals surface area (Å²) in [6.45, 7) is 3.82. The minimum absolute atomic E-state index is 0.0840. The topological polar surface area (TPSA) is 157 Å². The van der Waals surface area contributed by atoms with Crippen molar-refractivity contribution in [2.24, 2.45) is 5.92 Å². The van der Waals surface area contributed by atoms with Crippen molar-refractivity contribution in [3.05, 3.63) is 54.1 Å². The number of piperidine rings is 1. The molecule has 3 saturated heterocycles. The number of aliphatic hydroxyl groups is 2. The van der Waals surface area contributed by atoms with Gasteiger partial charge in [-0.3, -0.25) is 4.90 Å². The summed E-state index contributed by atoms with van der Waals surface area (Å²) in [5.41, 5.74) is 9.37. The number of hydrogen-bond donors (Lipinski definition) is 5. The van der Waals surface area contributed by atoms with Gasteiger partial charge in [0.25, 0.3) is 0 Å². The van der Waals surface area contributed by atoms with E-state index in [1.54, 1.807) is 12.1 Å². The van der Waals surface area contributed by atoms with E-state index < -0.39 is 6.29 Å². The summed E-state index contributed by atoms with van der Waals surface area (Å²) in [7, 11) is 0. The summed E-state index contributed by atoms with van der Waals surface area (Å²) < 4.78 is 0. The number of aromatic nitrogens is 4. The van der Waals surface area contributed by atoms with Gasteiger partial charge in [-0.1, -0.05) is 12.1 Å². The van der Waals surface area contributed by atoms with Crippen LogP contribution in [0.4, 0.5) is 11.5 Å². The van der Waals surface area contributed by atoms with E-state index in [9.17, 15) is 15.3 Å². The van der Waals surface area contributed by atoms with E-state index in [1.807, 2.05) is 30.6 Å². The number of nitrogens with zero attached hydrogens (tertiary/aromatic N) is 6. The van der Waals surface area contributed by atoms with Gasteiger partial charge in [-0.2, -0.15) is 0 Å². The fourth-order valence-electron chi connectivity index (χ4n) is 6.15. The van der Waals surface area contributed by atoms with Gasteiger partial charge in [0.2, 0.25) is 0 Å². The highest BCUT2D eigenvalue weighted by Gasteiger charge is 2.37. The molecule has 0 aliphatic carbocycles. The first-order valence-electron chi connectivity index (χ1n) is 13.2. The summed E-state index contributed by atoms with van der Waals surface area (Å²) in [5.74, 6) is 1.64. The highest BCUT2D eigenvalue weighted by molar-refractivity contribution is 5.74. The van der Waals surface area contributed by atoms with Crippen molar-refractivity contribution >= 4 is 11.5 Å². The minimum atomic E-state index is -1.25. The van der Waals surface area contributed by atoms with Crippen LogP contribution in [-0.4, -0.2) is 84.9 Å². The van der Waals surface area contributed by atoms with Gasteiger partial charge in [-0.05, 0) is 44.0 Å². The maximum Gasteiger partial charge on any atom is 0.169 e. The molecule has 3 fully saturated rings. The number of nitrogen functional groups attached to an aromatic ring is 1. The van der Waals surface area contributed by atoms with Gasteiger partial charge in [-0.15, -0.1) is 10.2 Å². The Morgan fingerprint density at radius 2 is 1.76 bits per heavy atom. The number of fused-ring (bicyclic) bond motifs is 2. The zero-order valence-corrected chi connectivity index (χ0v) is 21.2. The molecule has 2 unspecified atom stereocenters. The molecular weight excluding hydrogens is 484 g/mol. The van der Waals surface area contributed by atoms with E-state index in [4.69, 9.17) is 15.7 Å². The first kappa shape index (κ1) is 24.9. The fourth-order valence-corrected chi connectivity index (χ4v) is 6.15. The zero-order valence-electron chi connectivity index (χ0n) is 21.2. The van der Waals surface area contributed by atoms with Crippen molar-refractivity contribution in [3.8, 4) is 17.0 Å². The van der Waals surface area contributed by atoms with Crippen LogP contribution in [0.2, 0.25) is 0 Å². The van der Waals surface area contributed by atoms with Crippen molar-refractivity contribution in [3.63, 3.8) is 0 Å². The summed E-state index contributed by atoms with van der Waals surface area (Å²) >= 11 is 0. The Bertz CT molecular complexity index is 1260. The van der Waals surface area contributed by atoms with E-state index in [2.05, 4.69) is 25.3 Å². The lowest BCUT2D eigenvalue weighted by Gasteiger charge is -2.46. The molecule has 0 spiro atoms. The Kier molecular flexibility index (Phi) is 6.83. The molecular formula is C27H34N8O3. The number of nitrogens with two attached hydrogens (primary N) is 1. The van der Waals surface area contributed by atoms with Crippen LogP contribution in [0.15, 0.2) is 42.7 Å². The quantitative estimate of drug-likeness (QED) is 0.298. The first-order valence-corrected chi connectivity index (χ1v) is 13.2. The van der Waals surface area contributed by atoms with Gasteiger partial charge < -0.3 is 31.3 Å². The highest BCUT2D eigenvalue weighted by Crippen LogP contribution is 2.36. The molecule has 3 aliphatic heterocycles. The number of likely N-dealkylation sites (tertiary alicyclic amines) is 1. The maximum atomic E-state index is 10.3. The zero-order chi connectivity index (χ0) is 26.2. The molecule has 11 heteroatoms. The van der Waals surface area contributed by atoms with Crippen molar-refractivity contribution in [1.29, 1.82) is 0 Å². The number of hydrogen-bond acceptors (Lipinski definition) is 11. The Balaban J connectivity index is 1.11. The monoisotopic (exact) mass is 518 g/mol. The molecule has 6 N–H and O–H groups in total. The number of benzene rings is 1. The Morgan fingerprint density at radius 1 is 1.03 bits per heavy atom. The number of piperazine rings is 1. The molecule has 11 nitrogen and oxygen atoms in total. The molecule has 2 bridgehead atoms. The lowest BCUT2D eigenvalue weighted by atomic mass is 9.84. The van der Waals surface area contributed by atoms with Crippen LogP contribution in [-0.2, 0) is 6.54 Å². The Morgan fingerprint density at radius 3 is 2.45 bits per heavy atom. The number of phenolic OH excluding ortho intramolecular Hbond substituents is 1. The second kappa shape index (κ2) is 10.4. The summed E-state index contributed by atoms with van der Waals surface area (Å²) in [6, 6.07) is 9.56. The maximum absolute atomic E-state index is 10.3. The van der Waals surface area contributed by atoms with Crippen molar-refractivity contribution in [2.45, 2.75) is 50.1 Å². The van der Waals surface area contributed by atoms with E-state index >= 15 is 0 Å². The number of aromatic hydroxyl groups is 1. The van der Waals surface area contributed by atoms with Crippen LogP contribution >= 0.6 is 0 Å².